The van der Waals surface area contributed by atoms with Crippen LogP contribution in [0.15, 0.2) is 186 Å². The molecule has 0 fully saturated rings. The first-order valence-electron chi connectivity index (χ1n) is 16.8. The van der Waals surface area contributed by atoms with Crippen LogP contribution in [0.1, 0.15) is 0 Å². The molecule has 0 atom stereocenters. The summed E-state index contributed by atoms with van der Waals surface area (Å²) in [6.07, 6.45) is 0. The van der Waals surface area contributed by atoms with Gasteiger partial charge >= 0.3 is 0 Å². The molecule has 228 valence electrons. The van der Waals surface area contributed by atoms with Gasteiger partial charge in [0.25, 0.3) is 0 Å². The SMILES string of the molecule is c1ccc(-c2c3ccccc3c(-c3cccc(-c4ccc(-c5cc6ccccc6c6c5oc5ccccc56)cc4)c3)c3ccccc23)cc1. The lowest BCUT2D eigenvalue weighted by Gasteiger charge is -2.18. The highest BCUT2D eigenvalue weighted by Gasteiger charge is 2.18. The Morgan fingerprint density at radius 1 is 0.306 bits per heavy atom. The van der Waals surface area contributed by atoms with Gasteiger partial charge in [-0.3, -0.25) is 0 Å². The highest BCUT2D eigenvalue weighted by Crippen LogP contribution is 2.45. The topological polar surface area (TPSA) is 13.1 Å². The number of furan rings is 1. The third kappa shape index (κ3) is 4.40. The molecule has 0 spiro atoms. The van der Waals surface area contributed by atoms with Crippen LogP contribution in [0, 0.1) is 0 Å². The maximum Gasteiger partial charge on any atom is 0.143 e. The van der Waals surface area contributed by atoms with Gasteiger partial charge in [-0.15, -0.1) is 0 Å². The summed E-state index contributed by atoms with van der Waals surface area (Å²) in [7, 11) is 0. The Bertz CT molecular complexity index is 2800. The van der Waals surface area contributed by atoms with Crippen LogP contribution in [-0.4, -0.2) is 0 Å². The molecule has 1 nitrogen and oxygen atoms in total. The third-order valence-electron chi connectivity index (χ3n) is 10.0. The van der Waals surface area contributed by atoms with E-state index in [9.17, 15) is 0 Å². The molecule has 10 rings (SSSR count). The predicted molar refractivity (Wildman–Crippen MR) is 208 cm³/mol. The standard InChI is InChI=1S/C48H30O/c1-2-13-33(14-3-1)45-38-19-6-8-21-40(38)46(41-22-9-7-20-39(41)45)36-17-12-16-34(29-36)31-25-27-32(28-26-31)43-30-35-15-4-5-18-37(35)47-42-23-10-11-24-44(42)49-48(43)47/h1-30H. The minimum atomic E-state index is 0.917. The molecule has 1 heteroatoms. The van der Waals surface area contributed by atoms with Crippen LogP contribution in [0.2, 0.25) is 0 Å². The summed E-state index contributed by atoms with van der Waals surface area (Å²) in [4.78, 5) is 0. The number of benzene rings is 9. The van der Waals surface area contributed by atoms with Gasteiger partial charge in [0, 0.05) is 16.3 Å². The average Bonchev–Trinajstić information content (AvgIpc) is 3.57. The molecule has 0 aliphatic carbocycles. The lowest BCUT2D eigenvalue weighted by atomic mass is 9.85. The zero-order chi connectivity index (χ0) is 32.3. The van der Waals surface area contributed by atoms with Gasteiger partial charge in [0.05, 0.1) is 0 Å². The van der Waals surface area contributed by atoms with Crippen LogP contribution >= 0.6 is 0 Å². The monoisotopic (exact) mass is 622 g/mol. The van der Waals surface area contributed by atoms with Crippen molar-refractivity contribution in [3.8, 4) is 44.5 Å². The van der Waals surface area contributed by atoms with Crippen LogP contribution in [0.25, 0.3) is 98.8 Å². The summed E-state index contributed by atoms with van der Waals surface area (Å²) >= 11 is 0. The normalized spacial score (nSPS) is 11.7. The highest BCUT2D eigenvalue weighted by atomic mass is 16.3. The van der Waals surface area contributed by atoms with Gasteiger partial charge in [0.2, 0.25) is 0 Å². The minimum absolute atomic E-state index is 0.917. The molecule has 0 bridgehead atoms. The van der Waals surface area contributed by atoms with E-state index in [0.29, 0.717) is 0 Å². The number of hydrogen-bond donors (Lipinski definition) is 0. The molecule has 10 aromatic rings. The number of hydrogen-bond acceptors (Lipinski definition) is 1. The molecule has 0 aliphatic rings. The molecular weight excluding hydrogens is 593 g/mol. The molecule has 0 saturated carbocycles. The van der Waals surface area contributed by atoms with E-state index in [4.69, 9.17) is 4.42 Å². The summed E-state index contributed by atoms with van der Waals surface area (Å²) in [5.74, 6) is 0. The smallest absolute Gasteiger partial charge is 0.143 e. The second kappa shape index (κ2) is 11.1. The van der Waals surface area contributed by atoms with E-state index in [2.05, 4.69) is 176 Å². The number of rotatable bonds is 4. The van der Waals surface area contributed by atoms with Gasteiger partial charge in [0.15, 0.2) is 0 Å². The predicted octanol–water partition coefficient (Wildman–Crippen LogP) is 13.7. The third-order valence-corrected chi connectivity index (χ3v) is 10.0. The van der Waals surface area contributed by atoms with Crippen molar-refractivity contribution in [2.24, 2.45) is 0 Å². The van der Waals surface area contributed by atoms with Crippen molar-refractivity contribution in [2.45, 2.75) is 0 Å². The Labute approximate surface area is 284 Å². The molecule has 0 aliphatic heterocycles. The lowest BCUT2D eigenvalue weighted by Crippen LogP contribution is -1.91. The molecule has 0 radical (unpaired) electrons. The Hall–Kier alpha value is -6.44. The van der Waals surface area contributed by atoms with Gasteiger partial charge in [0.1, 0.15) is 11.2 Å². The van der Waals surface area contributed by atoms with E-state index < -0.39 is 0 Å². The zero-order valence-electron chi connectivity index (χ0n) is 26.7. The van der Waals surface area contributed by atoms with Crippen molar-refractivity contribution in [3.63, 3.8) is 0 Å². The van der Waals surface area contributed by atoms with E-state index in [1.165, 1.54) is 71.1 Å². The molecule has 49 heavy (non-hydrogen) atoms. The Kier molecular flexibility index (Phi) is 6.25. The Morgan fingerprint density at radius 3 is 1.51 bits per heavy atom. The number of fused-ring (bicyclic) bond motifs is 7. The molecule has 1 heterocycles. The lowest BCUT2D eigenvalue weighted by molar-refractivity contribution is 0.670. The fourth-order valence-electron chi connectivity index (χ4n) is 7.84. The van der Waals surface area contributed by atoms with E-state index in [1.807, 2.05) is 6.07 Å². The van der Waals surface area contributed by atoms with E-state index >= 15 is 0 Å². The first-order valence-corrected chi connectivity index (χ1v) is 16.8. The van der Waals surface area contributed by atoms with Crippen molar-refractivity contribution in [1.29, 1.82) is 0 Å². The quantitative estimate of drug-likeness (QED) is 0.178. The summed E-state index contributed by atoms with van der Waals surface area (Å²) in [5, 5.41) is 9.83. The summed E-state index contributed by atoms with van der Waals surface area (Å²) < 4.78 is 6.53. The summed E-state index contributed by atoms with van der Waals surface area (Å²) in [6.45, 7) is 0. The Balaban J connectivity index is 1.12. The molecule has 9 aromatic carbocycles. The first-order chi connectivity index (χ1) is 24.3. The molecule has 1 aromatic heterocycles. The largest absolute Gasteiger partial charge is 0.455 e. The van der Waals surface area contributed by atoms with E-state index in [1.54, 1.807) is 0 Å². The van der Waals surface area contributed by atoms with Crippen LogP contribution in [0.5, 0.6) is 0 Å². The molecule has 0 unspecified atom stereocenters. The van der Waals surface area contributed by atoms with Crippen LogP contribution in [0.4, 0.5) is 0 Å². The van der Waals surface area contributed by atoms with Gasteiger partial charge in [-0.25, -0.2) is 0 Å². The average molecular weight is 623 g/mol. The molecule has 0 amide bonds. The summed E-state index contributed by atoms with van der Waals surface area (Å²) in [5.41, 5.74) is 11.5. The van der Waals surface area contributed by atoms with Crippen LogP contribution < -0.4 is 0 Å². The second-order valence-corrected chi connectivity index (χ2v) is 12.8. The van der Waals surface area contributed by atoms with Gasteiger partial charge < -0.3 is 4.42 Å². The minimum Gasteiger partial charge on any atom is -0.455 e. The maximum atomic E-state index is 6.53. The zero-order valence-corrected chi connectivity index (χ0v) is 26.7. The van der Waals surface area contributed by atoms with Gasteiger partial charge in [-0.2, -0.15) is 0 Å². The van der Waals surface area contributed by atoms with E-state index in [0.717, 1.165) is 27.7 Å². The van der Waals surface area contributed by atoms with Gasteiger partial charge in [-0.05, 0) is 89.5 Å². The maximum absolute atomic E-state index is 6.53. The molecule has 0 N–H and O–H groups in total. The van der Waals surface area contributed by atoms with Crippen LogP contribution in [-0.2, 0) is 0 Å². The molecule has 0 saturated heterocycles. The van der Waals surface area contributed by atoms with Crippen molar-refractivity contribution >= 4 is 54.3 Å². The van der Waals surface area contributed by atoms with Crippen molar-refractivity contribution in [2.75, 3.05) is 0 Å². The van der Waals surface area contributed by atoms with Crippen molar-refractivity contribution in [3.05, 3.63) is 182 Å². The van der Waals surface area contributed by atoms with Crippen molar-refractivity contribution in [1.82, 2.24) is 0 Å². The fourth-order valence-corrected chi connectivity index (χ4v) is 7.84. The second-order valence-electron chi connectivity index (χ2n) is 12.8. The fraction of sp³-hybridized carbons (Fsp3) is 0. The number of para-hydroxylation sites is 1. The van der Waals surface area contributed by atoms with Gasteiger partial charge in [-0.1, -0.05) is 164 Å². The summed E-state index contributed by atoms with van der Waals surface area (Å²) in [6, 6.07) is 65.6. The Morgan fingerprint density at radius 2 is 0.816 bits per heavy atom. The van der Waals surface area contributed by atoms with Crippen LogP contribution in [0.3, 0.4) is 0 Å². The van der Waals surface area contributed by atoms with E-state index in [-0.39, 0.29) is 0 Å². The van der Waals surface area contributed by atoms with Crippen molar-refractivity contribution < 1.29 is 4.42 Å². The first kappa shape index (κ1) is 27.7. The molecular formula is C48H30O. The highest BCUT2D eigenvalue weighted by molar-refractivity contribution is 6.23.